The highest BCUT2D eigenvalue weighted by molar-refractivity contribution is 5.76. The van der Waals surface area contributed by atoms with Crippen LogP contribution in [0.2, 0.25) is 0 Å². The Balaban J connectivity index is 1.27. The maximum atomic E-state index is 12.5. The quantitative estimate of drug-likeness (QED) is 0.700. The van der Waals surface area contributed by atoms with Crippen LogP contribution in [0.25, 0.3) is 0 Å². The molecular weight excluding hydrogens is 376 g/mol. The summed E-state index contributed by atoms with van der Waals surface area (Å²) in [6.07, 6.45) is 6.38. The summed E-state index contributed by atoms with van der Waals surface area (Å²) in [5.41, 5.74) is 2.15. The van der Waals surface area contributed by atoms with E-state index in [9.17, 15) is 4.79 Å². The highest BCUT2D eigenvalue weighted by Gasteiger charge is 2.28. The minimum Gasteiger partial charge on any atom is -0.360 e. The van der Waals surface area contributed by atoms with Crippen molar-refractivity contribution in [2.24, 2.45) is 11.8 Å². The van der Waals surface area contributed by atoms with Gasteiger partial charge in [0.05, 0.1) is 12.2 Å². The lowest BCUT2D eigenvalue weighted by Gasteiger charge is -2.31. The normalized spacial score (nSPS) is 22.7. The predicted octanol–water partition coefficient (Wildman–Crippen LogP) is 3.14. The molecule has 0 aliphatic carbocycles. The second-order valence-corrected chi connectivity index (χ2v) is 8.80. The van der Waals surface area contributed by atoms with Crippen LogP contribution in [-0.4, -0.2) is 42.1 Å². The maximum absolute atomic E-state index is 12.5. The summed E-state index contributed by atoms with van der Waals surface area (Å²) in [6, 6.07) is 12.2. The standard InChI is InChI=1S/C24H34N4O2/c29-24(26-16-19-7-3-1-4-8-19)14-20-9-10-25-17-21(20)13-22-15-23(30-27-22)18-28-11-5-2-6-12-28/h1,3-4,7-8,15,20-21,25H,2,5-6,9-14,16-18H2,(H,26,29)/t20-,21+/m1/s1. The number of nitrogens with one attached hydrogen (secondary N) is 2. The fourth-order valence-corrected chi connectivity index (χ4v) is 4.72. The number of likely N-dealkylation sites (tertiary alicyclic amines) is 1. The smallest absolute Gasteiger partial charge is 0.220 e. The van der Waals surface area contributed by atoms with E-state index in [-0.39, 0.29) is 5.91 Å². The Bertz CT molecular complexity index is 786. The van der Waals surface area contributed by atoms with E-state index in [0.29, 0.717) is 24.8 Å². The van der Waals surface area contributed by atoms with Crippen molar-refractivity contribution in [2.75, 3.05) is 26.2 Å². The molecule has 2 fully saturated rings. The van der Waals surface area contributed by atoms with Gasteiger partial charge in [-0.3, -0.25) is 9.69 Å². The first-order chi connectivity index (χ1) is 14.8. The molecule has 6 heteroatoms. The Labute approximate surface area is 179 Å². The SMILES string of the molecule is O=C(C[C@H]1CCNC[C@@H]1Cc1cc(CN2CCCCC2)on1)NCc1ccccc1. The average Bonchev–Trinajstić information content (AvgIpc) is 3.22. The minimum absolute atomic E-state index is 0.140. The number of hydrogen-bond acceptors (Lipinski definition) is 5. The summed E-state index contributed by atoms with van der Waals surface area (Å²) in [6.45, 7) is 5.68. The van der Waals surface area contributed by atoms with E-state index in [1.807, 2.05) is 30.3 Å². The Hall–Kier alpha value is -2.18. The van der Waals surface area contributed by atoms with Crippen molar-refractivity contribution in [3.8, 4) is 0 Å². The van der Waals surface area contributed by atoms with Gasteiger partial charge in [-0.15, -0.1) is 0 Å². The van der Waals surface area contributed by atoms with Crippen LogP contribution in [0.4, 0.5) is 0 Å². The van der Waals surface area contributed by atoms with Crippen molar-refractivity contribution in [3.05, 3.63) is 53.4 Å². The van der Waals surface area contributed by atoms with E-state index in [1.54, 1.807) is 0 Å². The highest BCUT2D eigenvalue weighted by atomic mass is 16.5. The molecule has 2 N–H and O–H groups in total. The molecule has 3 heterocycles. The van der Waals surface area contributed by atoms with Crippen molar-refractivity contribution in [1.82, 2.24) is 20.7 Å². The number of carbonyl (C=O) groups excluding carboxylic acids is 1. The van der Waals surface area contributed by atoms with Crippen LogP contribution in [-0.2, 0) is 24.3 Å². The predicted molar refractivity (Wildman–Crippen MR) is 117 cm³/mol. The molecule has 1 amide bonds. The molecule has 2 aliphatic heterocycles. The zero-order valence-electron chi connectivity index (χ0n) is 17.8. The first-order valence-electron chi connectivity index (χ1n) is 11.4. The van der Waals surface area contributed by atoms with Gasteiger partial charge in [0.2, 0.25) is 5.91 Å². The van der Waals surface area contributed by atoms with E-state index >= 15 is 0 Å². The Kier molecular flexibility index (Phi) is 7.54. The van der Waals surface area contributed by atoms with Crippen LogP contribution >= 0.6 is 0 Å². The van der Waals surface area contributed by atoms with Crippen LogP contribution in [0.1, 0.15) is 49.1 Å². The third-order valence-electron chi connectivity index (χ3n) is 6.45. The first kappa shape index (κ1) is 21.1. The topological polar surface area (TPSA) is 70.4 Å². The van der Waals surface area contributed by atoms with E-state index < -0.39 is 0 Å². The summed E-state index contributed by atoms with van der Waals surface area (Å²) in [5, 5.41) is 10.9. The molecule has 2 atom stereocenters. The second kappa shape index (κ2) is 10.7. The molecule has 0 radical (unpaired) electrons. The summed E-state index contributed by atoms with van der Waals surface area (Å²) in [4.78, 5) is 15.0. The van der Waals surface area contributed by atoms with Gasteiger partial charge in [-0.25, -0.2) is 0 Å². The van der Waals surface area contributed by atoms with E-state index in [4.69, 9.17) is 4.52 Å². The number of carbonyl (C=O) groups is 1. The molecule has 30 heavy (non-hydrogen) atoms. The molecule has 0 saturated carbocycles. The van der Waals surface area contributed by atoms with Gasteiger partial charge in [0.25, 0.3) is 0 Å². The van der Waals surface area contributed by atoms with Gasteiger partial charge in [0, 0.05) is 19.0 Å². The number of rotatable bonds is 8. The van der Waals surface area contributed by atoms with Crippen molar-refractivity contribution in [2.45, 2.75) is 51.6 Å². The van der Waals surface area contributed by atoms with Gasteiger partial charge in [-0.2, -0.15) is 0 Å². The number of amides is 1. The molecule has 162 valence electrons. The summed E-state index contributed by atoms with van der Waals surface area (Å²) in [7, 11) is 0. The highest BCUT2D eigenvalue weighted by Crippen LogP contribution is 2.26. The molecule has 0 unspecified atom stereocenters. The lowest BCUT2D eigenvalue weighted by molar-refractivity contribution is -0.122. The van der Waals surface area contributed by atoms with Crippen LogP contribution in [0.3, 0.4) is 0 Å². The van der Waals surface area contributed by atoms with Gasteiger partial charge < -0.3 is 15.2 Å². The molecule has 2 aromatic rings. The Morgan fingerprint density at radius 3 is 2.83 bits per heavy atom. The number of hydrogen-bond donors (Lipinski definition) is 2. The van der Waals surface area contributed by atoms with E-state index in [2.05, 4.69) is 26.8 Å². The maximum Gasteiger partial charge on any atom is 0.220 e. The van der Waals surface area contributed by atoms with Gasteiger partial charge >= 0.3 is 0 Å². The van der Waals surface area contributed by atoms with Crippen LogP contribution in [0.15, 0.2) is 40.9 Å². The van der Waals surface area contributed by atoms with Gasteiger partial charge in [-0.05, 0) is 69.3 Å². The lowest BCUT2D eigenvalue weighted by atomic mass is 9.81. The Morgan fingerprint density at radius 1 is 1.17 bits per heavy atom. The van der Waals surface area contributed by atoms with Gasteiger partial charge in [0.15, 0.2) is 5.76 Å². The van der Waals surface area contributed by atoms with E-state index in [1.165, 1.54) is 19.3 Å². The molecule has 0 bridgehead atoms. The van der Waals surface area contributed by atoms with Crippen LogP contribution in [0, 0.1) is 11.8 Å². The molecular formula is C24H34N4O2. The fraction of sp³-hybridized carbons (Fsp3) is 0.583. The fourth-order valence-electron chi connectivity index (χ4n) is 4.72. The van der Waals surface area contributed by atoms with E-state index in [0.717, 1.165) is 62.6 Å². The third-order valence-corrected chi connectivity index (χ3v) is 6.45. The third kappa shape index (κ3) is 6.16. The molecule has 1 aromatic carbocycles. The minimum atomic E-state index is 0.140. The molecule has 2 saturated heterocycles. The summed E-state index contributed by atoms with van der Waals surface area (Å²) < 4.78 is 5.62. The van der Waals surface area contributed by atoms with Crippen molar-refractivity contribution >= 4 is 5.91 Å². The number of nitrogens with zero attached hydrogens (tertiary/aromatic N) is 2. The first-order valence-corrected chi connectivity index (χ1v) is 11.4. The monoisotopic (exact) mass is 410 g/mol. The molecule has 6 nitrogen and oxygen atoms in total. The van der Waals surface area contributed by atoms with Crippen molar-refractivity contribution in [1.29, 1.82) is 0 Å². The summed E-state index contributed by atoms with van der Waals surface area (Å²) in [5.74, 6) is 1.90. The number of benzene rings is 1. The van der Waals surface area contributed by atoms with Crippen molar-refractivity contribution in [3.63, 3.8) is 0 Å². The average molecular weight is 411 g/mol. The van der Waals surface area contributed by atoms with Crippen LogP contribution < -0.4 is 10.6 Å². The number of piperidine rings is 2. The number of aromatic nitrogens is 1. The van der Waals surface area contributed by atoms with Crippen LogP contribution in [0.5, 0.6) is 0 Å². The Morgan fingerprint density at radius 2 is 2.00 bits per heavy atom. The summed E-state index contributed by atoms with van der Waals surface area (Å²) >= 11 is 0. The second-order valence-electron chi connectivity index (χ2n) is 8.80. The molecule has 1 aromatic heterocycles. The molecule has 0 spiro atoms. The van der Waals surface area contributed by atoms with Gasteiger partial charge in [0.1, 0.15) is 0 Å². The molecule has 2 aliphatic rings. The van der Waals surface area contributed by atoms with Crippen molar-refractivity contribution < 1.29 is 9.32 Å². The molecule has 4 rings (SSSR count). The lowest BCUT2D eigenvalue weighted by Crippen LogP contribution is -2.40. The zero-order valence-corrected chi connectivity index (χ0v) is 17.8. The largest absolute Gasteiger partial charge is 0.360 e. The van der Waals surface area contributed by atoms with Gasteiger partial charge in [-0.1, -0.05) is 41.9 Å². The zero-order chi connectivity index (χ0) is 20.6.